The molecule has 3 nitrogen and oxygen atoms in total. The van der Waals surface area contributed by atoms with E-state index >= 15 is 0 Å². The Balaban J connectivity index is 2.67. The highest BCUT2D eigenvalue weighted by molar-refractivity contribution is 5.98. The monoisotopic (exact) mass is 182 g/mol. The maximum absolute atomic E-state index is 11.2. The standard InChI is InChI=1S/C10H18N2O/c1-10(2,3)12-8-6-4-5-7-9(13)11-8/h4-7H2,1-3H3,(H,11,12,13). The van der Waals surface area contributed by atoms with Crippen LogP contribution in [0, 0.1) is 0 Å². The van der Waals surface area contributed by atoms with Crippen LogP contribution in [0.25, 0.3) is 0 Å². The second-order valence-corrected chi connectivity index (χ2v) is 4.48. The predicted molar refractivity (Wildman–Crippen MR) is 53.8 cm³/mol. The molecule has 0 radical (unpaired) electrons. The number of nitrogens with zero attached hydrogens (tertiary/aromatic N) is 1. The van der Waals surface area contributed by atoms with Crippen LogP contribution in [0.4, 0.5) is 0 Å². The first-order valence-electron chi connectivity index (χ1n) is 4.86. The first-order chi connectivity index (χ1) is 5.97. The normalized spacial score (nSPS) is 22.7. The van der Waals surface area contributed by atoms with Gasteiger partial charge in [0.25, 0.3) is 0 Å². The fraction of sp³-hybridized carbons (Fsp3) is 0.800. The smallest absolute Gasteiger partial charge is 0.225 e. The Morgan fingerprint density at radius 3 is 2.46 bits per heavy atom. The molecular formula is C10H18N2O. The summed E-state index contributed by atoms with van der Waals surface area (Å²) in [5.74, 6) is 0.968. The number of amides is 1. The fourth-order valence-electron chi connectivity index (χ4n) is 1.35. The van der Waals surface area contributed by atoms with Crippen molar-refractivity contribution < 1.29 is 4.79 Å². The van der Waals surface area contributed by atoms with Gasteiger partial charge in [-0.3, -0.25) is 9.79 Å². The summed E-state index contributed by atoms with van der Waals surface area (Å²) in [5, 5.41) is 2.85. The largest absolute Gasteiger partial charge is 0.315 e. The summed E-state index contributed by atoms with van der Waals surface area (Å²) in [6, 6.07) is 0. The predicted octanol–water partition coefficient (Wildman–Crippen LogP) is 1.87. The summed E-state index contributed by atoms with van der Waals surface area (Å²) in [7, 11) is 0. The van der Waals surface area contributed by atoms with Gasteiger partial charge in [0.1, 0.15) is 5.84 Å². The molecule has 0 unspecified atom stereocenters. The maximum atomic E-state index is 11.2. The third-order valence-corrected chi connectivity index (χ3v) is 1.82. The molecule has 1 aliphatic heterocycles. The van der Waals surface area contributed by atoms with Crippen LogP contribution in [0.15, 0.2) is 4.99 Å². The van der Waals surface area contributed by atoms with Crippen LogP contribution < -0.4 is 5.32 Å². The third-order valence-electron chi connectivity index (χ3n) is 1.82. The van der Waals surface area contributed by atoms with Gasteiger partial charge in [-0.05, 0) is 33.6 Å². The zero-order chi connectivity index (χ0) is 9.90. The molecule has 1 aliphatic rings. The van der Waals surface area contributed by atoms with Crippen LogP contribution >= 0.6 is 0 Å². The molecule has 74 valence electrons. The van der Waals surface area contributed by atoms with Gasteiger partial charge in [-0.2, -0.15) is 0 Å². The minimum absolute atomic E-state index is 0.0903. The van der Waals surface area contributed by atoms with Crippen LogP contribution in [0.5, 0.6) is 0 Å². The number of carbonyl (C=O) groups excluding carboxylic acids is 1. The summed E-state index contributed by atoms with van der Waals surface area (Å²) in [5.41, 5.74) is -0.0903. The van der Waals surface area contributed by atoms with Crippen molar-refractivity contribution in [3.05, 3.63) is 0 Å². The second kappa shape index (κ2) is 3.90. The minimum Gasteiger partial charge on any atom is -0.315 e. The number of aliphatic imine (C=N–C) groups is 1. The van der Waals surface area contributed by atoms with Gasteiger partial charge in [0.05, 0.1) is 5.54 Å². The van der Waals surface area contributed by atoms with Crippen molar-refractivity contribution in [1.82, 2.24) is 5.32 Å². The molecule has 3 heteroatoms. The minimum atomic E-state index is -0.0903. The van der Waals surface area contributed by atoms with Crippen molar-refractivity contribution in [2.24, 2.45) is 4.99 Å². The lowest BCUT2D eigenvalue weighted by molar-refractivity contribution is -0.119. The van der Waals surface area contributed by atoms with Crippen molar-refractivity contribution in [3.8, 4) is 0 Å². The molecule has 0 atom stereocenters. The average molecular weight is 182 g/mol. The molecule has 1 saturated heterocycles. The second-order valence-electron chi connectivity index (χ2n) is 4.48. The van der Waals surface area contributed by atoms with E-state index in [0.29, 0.717) is 6.42 Å². The summed E-state index contributed by atoms with van der Waals surface area (Å²) in [6.07, 6.45) is 3.59. The van der Waals surface area contributed by atoms with Gasteiger partial charge in [-0.15, -0.1) is 0 Å². The molecule has 1 heterocycles. The maximum Gasteiger partial charge on any atom is 0.225 e. The van der Waals surface area contributed by atoms with Gasteiger partial charge in [0.15, 0.2) is 0 Å². The van der Waals surface area contributed by atoms with E-state index in [9.17, 15) is 4.79 Å². The van der Waals surface area contributed by atoms with E-state index in [4.69, 9.17) is 0 Å². The van der Waals surface area contributed by atoms with E-state index in [1.54, 1.807) is 0 Å². The molecule has 13 heavy (non-hydrogen) atoms. The summed E-state index contributed by atoms with van der Waals surface area (Å²) in [4.78, 5) is 15.7. The number of rotatable bonds is 0. The fourth-order valence-corrected chi connectivity index (χ4v) is 1.35. The van der Waals surface area contributed by atoms with Crippen molar-refractivity contribution >= 4 is 11.7 Å². The van der Waals surface area contributed by atoms with Crippen LogP contribution in [0.2, 0.25) is 0 Å². The van der Waals surface area contributed by atoms with Gasteiger partial charge in [0.2, 0.25) is 5.91 Å². The Hall–Kier alpha value is -0.860. The summed E-state index contributed by atoms with van der Waals surface area (Å²) in [6.45, 7) is 6.12. The highest BCUT2D eigenvalue weighted by atomic mass is 16.1. The van der Waals surface area contributed by atoms with E-state index in [1.807, 2.05) is 20.8 Å². The number of nitrogens with one attached hydrogen (secondary N) is 1. The molecule has 1 rings (SSSR count). The number of hydrogen-bond donors (Lipinski definition) is 1. The lowest BCUT2D eigenvalue weighted by Gasteiger charge is -2.15. The van der Waals surface area contributed by atoms with Crippen LogP contribution in [0.1, 0.15) is 46.5 Å². The quantitative estimate of drug-likeness (QED) is 0.610. The van der Waals surface area contributed by atoms with Gasteiger partial charge < -0.3 is 5.32 Å². The molecule has 0 aliphatic carbocycles. The van der Waals surface area contributed by atoms with Gasteiger partial charge in [-0.25, -0.2) is 0 Å². The van der Waals surface area contributed by atoms with Crippen LogP contribution in [-0.2, 0) is 4.79 Å². The molecule has 0 aromatic rings. The Labute approximate surface area is 79.6 Å². The Kier molecular flexibility index (Phi) is 3.07. The van der Waals surface area contributed by atoms with Crippen LogP contribution in [-0.4, -0.2) is 17.3 Å². The van der Waals surface area contributed by atoms with Crippen molar-refractivity contribution in [1.29, 1.82) is 0 Å². The molecule has 0 aromatic carbocycles. The van der Waals surface area contributed by atoms with Gasteiger partial charge in [0, 0.05) is 12.8 Å². The van der Waals surface area contributed by atoms with E-state index in [-0.39, 0.29) is 11.4 Å². The number of hydrogen-bond acceptors (Lipinski definition) is 2. The molecule has 1 N–H and O–H groups in total. The Morgan fingerprint density at radius 2 is 1.85 bits per heavy atom. The molecule has 1 fully saturated rings. The third kappa shape index (κ3) is 4.06. The number of amidine groups is 1. The van der Waals surface area contributed by atoms with Gasteiger partial charge >= 0.3 is 0 Å². The van der Waals surface area contributed by atoms with Crippen molar-refractivity contribution in [2.45, 2.75) is 52.0 Å². The Morgan fingerprint density at radius 1 is 1.23 bits per heavy atom. The first kappa shape index (κ1) is 10.2. The van der Waals surface area contributed by atoms with E-state index < -0.39 is 0 Å². The lowest BCUT2D eigenvalue weighted by atomic mass is 10.1. The molecule has 0 aromatic heterocycles. The Bertz CT molecular complexity index is 226. The lowest BCUT2D eigenvalue weighted by Crippen LogP contribution is -2.30. The molecule has 0 saturated carbocycles. The first-order valence-corrected chi connectivity index (χ1v) is 4.86. The highest BCUT2D eigenvalue weighted by Gasteiger charge is 2.14. The topological polar surface area (TPSA) is 41.5 Å². The highest BCUT2D eigenvalue weighted by Crippen LogP contribution is 2.11. The zero-order valence-electron chi connectivity index (χ0n) is 8.68. The number of carbonyl (C=O) groups is 1. The molecule has 0 spiro atoms. The molecule has 1 amide bonds. The summed E-state index contributed by atoms with van der Waals surface area (Å²) >= 11 is 0. The zero-order valence-corrected chi connectivity index (χ0v) is 8.68. The van der Waals surface area contributed by atoms with E-state index in [2.05, 4.69) is 10.3 Å². The van der Waals surface area contributed by atoms with Crippen molar-refractivity contribution in [3.63, 3.8) is 0 Å². The SMILES string of the molecule is CC(C)(C)N=C1CCCCC(=O)N1. The summed E-state index contributed by atoms with van der Waals surface area (Å²) < 4.78 is 0. The van der Waals surface area contributed by atoms with Crippen LogP contribution in [0.3, 0.4) is 0 Å². The average Bonchev–Trinajstić information content (AvgIpc) is 2.10. The van der Waals surface area contributed by atoms with Gasteiger partial charge in [-0.1, -0.05) is 0 Å². The van der Waals surface area contributed by atoms with E-state index in [0.717, 1.165) is 25.1 Å². The van der Waals surface area contributed by atoms with Crippen molar-refractivity contribution in [2.75, 3.05) is 0 Å². The molecular weight excluding hydrogens is 164 g/mol. The molecule has 0 bridgehead atoms. The van der Waals surface area contributed by atoms with E-state index in [1.165, 1.54) is 0 Å².